The molecule has 0 aliphatic carbocycles. The van der Waals surface area contributed by atoms with E-state index >= 15 is 0 Å². The number of carbonyl (C=O) groups excluding carboxylic acids is 1. The van der Waals surface area contributed by atoms with Gasteiger partial charge in [-0.25, -0.2) is 13.4 Å². The molecule has 8 heteroatoms. The summed E-state index contributed by atoms with van der Waals surface area (Å²) >= 11 is 0. The minimum atomic E-state index is -4.00. The third-order valence-electron chi connectivity index (χ3n) is 5.12. The lowest BCUT2D eigenvalue weighted by Gasteiger charge is -2.25. The molecule has 1 heterocycles. The summed E-state index contributed by atoms with van der Waals surface area (Å²) in [6.07, 6.45) is 1.56. The number of hydrogen-bond acceptors (Lipinski definition) is 5. The highest BCUT2D eigenvalue weighted by molar-refractivity contribution is 7.92. The lowest BCUT2D eigenvalue weighted by molar-refractivity contribution is 0.102. The van der Waals surface area contributed by atoms with Crippen molar-refractivity contribution in [3.05, 3.63) is 114 Å². The highest BCUT2D eigenvalue weighted by atomic mass is 32.2. The third kappa shape index (κ3) is 5.24. The van der Waals surface area contributed by atoms with Crippen LogP contribution >= 0.6 is 0 Å². The summed E-state index contributed by atoms with van der Waals surface area (Å²) < 4.78 is 34.1. The van der Waals surface area contributed by atoms with Crippen LogP contribution in [0.1, 0.15) is 15.9 Å². The maximum Gasteiger partial charge on any atom is 0.264 e. The maximum absolute atomic E-state index is 13.8. The van der Waals surface area contributed by atoms with Gasteiger partial charge < -0.3 is 10.1 Å². The van der Waals surface area contributed by atoms with Crippen LogP contribution in [-0.2, 0) is 16.6 Å². The standard InChI is InChI=1S/C26H23N3O4S/c1-33-23-15-13-22(14-16-23)29(19-20-8-3-2-4-9-20)34(31,32)24-11-7-10-21(18-24)26(30)28-25-12-5-6-17-27-25/h2-18H,19H2,1H3,(H,27,28,30). The zero-order chi connectivity index (χ0) is 24.0. The molecule has 0 saturated heterocycles. The van der Waals surface area contributed by atoms with E-state index in [9.17, 15) is 13.2 Å². The monoisotopic (exact) mass is 473 g/mol. The Balaban J connectivity index is 1.69. The second-order valence-corrected chi connectivity index (χ2v) is 9.25. The molecule has 1 aromatic heterocycles. The number of amides is 1. The first kappa shape index (κ1) is 23.0. The van der Waals surface area contributed by atoms with E-state index in [-0.39, 0.29) is 17.0 Å². The van der Waals surface area contributed by atoms with Crippen molar-refractivity contribution in [1.29, 1.82) is 0 Å². The van der Waals surface area contributed by atoms with Gasteiger partial charge in [0.15, 0.2) is 0 Å². The van der Waals surface area contributed by atoms with Crippen molar-refractivity contribution in [3.63, 3.8) is 0 Å². The number of anilines is 2. The SMILES string of the molecule is COc1ccc(N(Cc2ccccc2)S(=O)(=O)c2cccc(C(=O)Nc3ccccn3)c2)cc1. The highest BCUT2D eigenvalue weighted by Crippen LogP contribution is 2.28. The summed E-state index contributed by atoms with van der Waals surface area (Å²) in [5.41, 5.74) is 1.51. The zero-order valence-electron chi connectivity index (χ0n) is 18.5. The number of rotatable bonds is 8. The van der Waals surface area contributed by atoms with Gasteiger partial charge in [0.2, 0.25) is 0 Å². The van der Waals surface area contributed by atoms with E-state index in [1.54, 1.807) is 67.9 Å². The van der Waals surface area contributed by atoms with Crippen molar-refractivity contribution in [2.45, 2.75) is 11.4 Å². The molecule has 34 heavy (non-hydrogen) atoms. The molecule has 7 nitrogen and oxygen atoms in total. The molecule has 1 amide bonds. The maximum atomic E-state index is 13.8. The molecular weight excluding hydrogens is 450 g/mol. The van der Waals surface area contributed by atoms with E-state index in [0.29, 0.717) is 17.3 Å². The molecule has 0 spiro atoms. The molecule has 3 aromatic carbocycles. The van der Waals surface area contributed by atoms with Crippen LogP contribution in [0.3, 0.4) is 0 Å². The van der Waals surface area contributed by atoms with Crippen molar-refractivity contribution >= 4 is 27.4 Å². The Bertz CT molecular complexity index is 1360. The number of ether oxygens (including phenoxy) is 1. The van der Waals surface area contributed by atoms with Crippen LogP contribution < -0.4 is 14.4 Å². The van der Waals surface area contributed by atoms with Crippen LogP contribution in [0.5, 0.6) is 5.75 Å². The topological polar surface area (TPSA) is 88.6 Å². The fourth-order valence-electron chi connectivity index (χ4n) is 3.36. The van der Waals surface area contributed by atoms with Crippen molar-refractivity contribution in [3.8, 4) is 5.75 Å². The van der Waals surface area contributed by atoms with E-state index in [1.165, 1.54) is 16.4 Å². The van der Waals surface area contributed by atoms with E-state index < -0.39 is 15.9 Å². The average Bonchev–Trinajstić information content (AvgIpc) is 2.88. The first-order valence-corrected chi connectivity index (χ1v) is 11.9. The molecule has 0 aliphatic heterocycles. The largest absolute Gasteiger partial charge is 0.497 e. The fraction of sp³-hybridized carbons (Fsp3) is 0.0769. The minimum Gasteiger partial charge on any atom is -0.497 e. The van der Waals surface area contributed by atoms with Crippen molar-refractivity contribution in [2.24, 2.45) is 0 Å². The molecule has 172 valence electrons. The van der Waals surface area contributed by atoms with Gasteiger partial charge in [0, 0.05) is 11.8 Å². The fourth-order valence-corrected chi connectivity index (χ4v) is 4.86. The molecule has 0 saturated carbocycles. The van der Waals surface area contributed by atoms with Crippen LogP contribution in [0.4, 0.5) is 11.5 Å². The average molecular weight is 474 g/mol. The number of nitrogens with zero attached hydrogens (tertiary/aromatic N) is 2. The summed E-state index contributed by atoms with van der Waals surface area (Å²) in [6, 6.07) is 27.2. The number of pyridine rings is 1. The van der Waals surface area contributed by atoms with Gasteiger partial charge in [0.1, 0.15) is 11.6 Å². The summed E-state index contributed by atoms with van der Waals surface area (Å²) in [6.45, 7) is 0.125. The molecule has 0 atom stereocenters. The number of benzene rings is 3. The molecule has 0 aliphatic rings. The van der Waals surface area contributed by atoms with Gasteiger partial charge in [0.25, 0.3) is 15.9 Å². The number of aromatic nitrogens is 1. The second kappa shape index (κ2) is 10.2. The molecule has 0 fully saturated rings. The molecular formula is C26H23N3O4S. The van der Waals surface area contributed by atoms with E-state index in [2.05, 4.69) is 10.3 Å². The third-order valence-corrected chi connectivity index (χ3v) is 6.89. The Kier molecular flexibility index (Phi) is 6.89. The zero-order valence-corrected chi connectivity index (χ0v) is 19.3. The smallest absolute Gasteiger partial charge is 0.264 e. The quantitative estimate of drug-likeness (QED) is 0.399. The van der Waals surface area contributed by atoms with Crippen LogP contribution in [-0.4, -0.2) is 26.4 Å². The Morgan fingerprint density at radius 1 is 0.912 bits per heavy atom. The number of hydrogen-bond donors (Lipinski definition) is 1. The molecule has 4 rings (SSSR count). The van der Waals surface area contributed by atoms with Gasteiger partial charge in [-0.2, -0.15) is 0 Å². The van der Waals surface area contributed by atoms with Gasteiger partial charge in [0.05, 0.1) is 24.2 Å². The first-order chi connectivity index (χ1) is 16.5. The van der Waals surface area contributed by atoms with Gasteiger partial charge in [-0.1, -0.05) is 42.5 Å². The van der Waals surface area contributed by atoms with Gasteiger partial charge in [-0.15, -0.1) is 0 Å². The highest BCUT2D eigenvalue weighted by Gasteiger charge is 2.26. The lowest BCUT2D eigenvalue weighted by atomic mass is 10.2. The van der Waals surface area contributed by atoms with E-state index in [0.717, 1.165) is 5.56 Å². The Labute approximate surface area is 198 Å². The van der Waals surface area contributed by atoms with Crippen LogP contribution in [0.25, 0.3) is 0 Å². The Hall–Kier alpha value is -4.17. The van der Waals surface area contributed by atoms with Crippen LogP contribution in [0, 0.1) is 0 Å². The van der Waals surface area contributed by atoms with Crippen LogP contribution in [0.2, 0.25) is 0 Å². The van der Waals surface area contributed by atoms with Crippen molar-refractivity contribution in [1.82, 2.24) is 4.98 Å². The molecule has 4 aromatic rings. The summed E-state index contributed by atoms with van der Waals surface area (Å²) in [4.78, 5) is 16.8. The van der Waals surface area contributed by atoms with E-state index in [4.69, 9.17) is 4.74 Å². The Morgan fingerprint density at radius 3 is 2.32 bits per heavy atom. The first-order valence-electron chi connectivity index (χ1n) is 10.5. The second-order valence-electron chi connectivity index (χ2n) is 7.39. The van der Waals surface area contributed by atoms with Gasteiger partial charge in [-0.05, 0) is 60.2 Å². The molecule has 0 unspecified atom stereocenters. The molecule has 0 radical (unpaired) electrons. The van der Waals surface area contributed by atoms with Gasteiger partial charge in [-0.3, -0.25) is 9.10 Å². The lowest BCUT2D eigenvalue weighted by Crippen LogP contribution is -2.30. The molecule has 0 bridgehead atoms. The van der Waals surface area contributed by atoms with Crippen molar-refractivity contribution in [2.75, 3.05) is 16.7 Å². The number of methoxy groups -OCH3 is 1. The van der Waals surface area contributed by atoms with Crippen LogP contribution in [0.15, 0.2) is 108 Å². The number of nitrogens with one attached hydrogen (secondary N) is 1. The predicted molar refractivity (Wildman–Crippen MR) is 131 cm³/mol. The minimum absolute atomic E-state index is 0.00733. The Morgan fingerprint density at radius 2 is 1.65 bits per heavy atom. The van der Waals surface area contributed by atoms with Gasteiger partial charge >= 0.3 is 0 Å². The normalized spacial score (nSPS) is 11.0. The predicted octanol–water partition coefficient (Wildman–Crippen LogP) is 4.74. The summed E-state index contributed by atoms with van der Waals surface area (Å²) in [5.74, 6) is 0.550. The molecule has 1 N–H and O–H groups in total. The summed E-state index contributed by atoms with van der Waals surface area (Å²) in [7, 11) is -2.45. The summed E-state index contributed by atoms with van der Waals surface area (Å²) in [5, 5.41) is 2.68. The number of sulfonamides is 1. The van der Waals surface area contributed by atoms with Crippen molar-refractivity contribution < 1.29 is 17.9 Å². The van der Waals surface area contributed by atoms with E-state index in [1.807, 2.05) is 30.3 Å². The number of carbonyl (C=O) groups is 1.